The Kier molecular flexibility index (Phi) is 5.29. The first-order valence-corrected chi connectivity index (χ1v) is 9.61. The summed E-state index contributed by atoms with van der Waals surface area (Å²) in [5.41, 5.74) is 3.55. The molecule has 1 aliphatic heterocycles. The van der Waals surface area contributed by atoms with Gasteiger partial charge in [-0.1, -0.05) is 54.6 Å². The molecule has 4 rings (SSSR count). The summed E-state index contributed by atoms with van der Waals surface area (Å²) >= 11 is 0. The number of hydrogen-bond acceptors (Lipinski definition) is 3. The van der Waals surface area contributed by atoms with Crippen LogP contribution >= 0.6 is 0 Å². The lowest BCUT2D eigenvalue weighted by Crippen LogP contribution is -2.41. The molecule has 146 valence electrons. The van der Waals surface area contributed by atoms with Gasteiger partial charge in [0.1, 0.15) is 5.75 Å². The third-order valence-electron chi connectivity index (χ3n) is 4.95. The topological polar surface area (TPSA) is 58.6 Å². The van der Waals surface area contributed by atoms with Crippen LogP contribution in [0.1, 0.15) is 13.3 Å². The minimum atomic E-state index is -0.254. The first-order valence-electron chi connectivity index (χ1n) is 9.61. The van der Waals surface area contributed by atoms with Crippen LogP contribution in [0.15, 0.2) is 78.9 Å². The minimum absolute atomic E-state index is 0.0994. The van der Waals surface area contributed by atoms with Crippen LogP contribution in [0.5, 0.6) is 5.75 Å². The highest BCUT2D eigenvalue weighted by Crippen LogP contribution is 2.31. The monoisotopic (exact) mass is 386 g/mol. The number of anilines is 2. The van der Waals surface area contributed by atoms with Crippen molar-refractivity contribution >= 4 is 23.2 Å². The van der Waals surface area contributed by atoms with Crippen molar-refractivity contribution in [3.63, 3.8) is 0 Å². The molecule has 5 heteroatoms. The SMILES string of the molecule is C[C@@H]1CC(=O)Nc2ccccc2N1C(=O)COc1ccc(-c2ccccc2)cc1. The van der Waals surface area contributed by atoms with Crippen molar-refractivity contribution in [2.75, 3.05) is 16.8 Å². The molecule has 0 spiro atoms. The van der Waals surface area contributed by atoms with Crippen LogP contribution < -0.4 is 15.0 Å². The second-order valence-electron chi connectivity index (χ2n) is 7.06. The van der Waals surface area contributed by atoms with E-state index in [0.717, 1.165) is 11.1 Å². The highest BCUT2D eigenvalue weighted by atomic mass is 16.5. The average Bonchev–Trinajstić information content (AvgIpc) is 2.87. The number of ether oxygens (including phenoxy) is 1. The Morgan fingerprint density at radius 2 is 1.62 bits per heavy atom. The van der Waals surface area contributed by atoms with Crippen molar-refractivity contribution in [1.29, 1.82) is 0 Å². The fourth-order valence-corrected chi connectivity index (χ4v) is 3.56. The molecule has 0 bridgehead atoms. The minimum Gasteiger partial charge on any atom is -0.484 e. The number of hydrogen-bond donors (Lipinski definition) is 1. The molecule has 3 aromatic carbocycles. The summed E-state index contributed by atoms with van der Waals surface area (Å²) < 4.78 is 5.75. The lowest BCUT2D eigenvalue weighted by Gasteiger charge is -2.27. The normalized spacial score (nSPS) is 15.8. The number of amides is 2. The fraction of sp³-hybridized carbons (Fsp3) is 0.167. The Balaban J connectivity index is 1.47. The Hall–Kier alpha value is -3.60. The number of carbonyl (C=O) groups excluding carboxylic acids is 2. The van der Waals surface area contributed by atoms with Crippen LogP contribution in [0.4, 0.5) is 11.4 Å². The Morgan fingerprint density at radius 3 is 2.38 bits per heavy atom. The number of rotatable bonds is 4. The van der Waals surface area contributed by atoms with E-state index in [1.165, 1.54) is 0 Å². The Morgan fingerprint density at radius 1 is 0.966 bits per heavy atom. The number of nitrogens with zero attached hydrogens (tertiary/aromatic N) is 1. The first kappa shape index (κ1) is 18.7. The lowest BCUT2D eigenvalue weighted by molar-refractivity contribution is -0.121. The molecule has 1 N–H and O–H groups in total. The second-order valence-corrected chi connectivity index (χ2v) is 7.06. The van der Waals surface area contributed by atoms with Gasteiger partial charge in [-0.05, 0) is 42.3 Å². The van der Waals surface area contributed by atoms with Gasteiger partial charge in [-0.2, -0.15) is 0 Å². The van der Waals surface area contributed by atoms with Gasteiger partial charge in [0.2, 0.25) is 5.91 Å². The van der Waals surface area contributed by atoms with Gasteiger partial charge in [0.15, 0.2) is 6.61 Å². The van der Waals surface area contributed by atoms with Crippen LogP contribution in [-0.2, 0) is 9.59 Å². The molecule has 5 nitrogen and oxygen atoms in total. The molecule has 3 aromatic rings. The molecule has 0 radical (unpaired) electrons. The van der Waals surface area contributed by atoms with E-state index in [4.69, 9.17) is 4.74 Å². The number of fused-ring (bicyclic) bond motifs is 1. The number of carbonyl (C=O) groups is 2. The molecule has 0 saturated carbocycles. The smallest absolute Gasteiger partial charge is 0.265 e. The second kappa shape index (κ2) is 8.19. The van der Waals surface area contributed by atoms with E-state index in [0.29, 0.717) is 17.1 Å². The molecule has 0 unspecified atom stereocenters. The zero-order valence-electron chi connectivity index (χ0n) is 16.2. The quantitative estimate of drug-likeness (QED) is 0.718. The van der Waals surface area contributed by atoms with Crippen molar-refractivity contribution in [3.8, 4) is 16.9 Å². The van der Waals surface area contributed by atoms with Gasteiger partial charge in [0.25, 0.3) is 5.91 Å². The molecule has 0 saturated heterocycles. The molecule has 0 aliphatic carbocycles. The zero-order valence-corrected chi connectivity index (χ0v) is 16.2. The van der Waals surface area contributed by atoms with E-state index >= 15 is 0 Å². The summed E-state index contributed by atoms with van der Waals surface area (Å²) in [4.78, 5) is 26.7. The van der Waals surface area contributed by atoms with Gasteiger partial charge in [0, 0.05) is 12.5 Å². The first-order chi connectivity index (χ1) is 14.1. The Labute approximate surface area is 169 Å². The predicted molar refractivity (Wildman–Crippen MR) is 114 cm³/mol. The molecule has 2 amide bonds. The maximum atomic E-state index is 13.0. The molecular weight excluding hydrogens is 364 g/mol. The van der Waals surface area contributed by atoms with E-state index < -0.39 is 0 Å². The molecule has 1 atom stereocenters. The number of para-hydroxylation sites is 2. The van der Waals surface area contributed by atoms with Gasteiger partial charge in [-0.25, -0.2) is 0 Å². The van der Waals surface area contributed by atoms with Crippen molar-refractivity contribution in [2.24, 2.45) is 0 Å². The van der Waals surface area contributed by atoms with Crippen molar-refractivity contribution in [2.45, 2.75) is 19.4 Å². The highest BCUT2D eigenvalue weighted by molar-refractivity contribution is 6.04. The lowest BCUT2D eigenvalue weighted by atomic mass is 10.1. The van der Waals surface area contributed by atoms with E-state index in [1.54, 1.807) is 11.0 Å². The maximum absolute atomic E-state index is 13.0. The van der Waals surface area contributed by atoms with Gasteiger partial charge < -0.3 is 15.0 Å². The van der Waals surface area contributed by atoms with Gasteiger partial charge in [0.05, 0.1) is 11.4 Å². The molecule has 0 fully saturated rings. The standard InChI is InChI=1S/C24H22N2O3/c1-17-15-23(27)25-21-9-5-6-10-22(21)26(17)24(28)16-29-20-13-11-19(12-14-20)18-7-3-2-4-8-18/h2-14,17H,15-16H2,1H3,(H,25,27)/t17-/m1/s1. The molecule has 1 aliphatic rings. The van der Waals surface area contributed by atoms with Gasteiger partial charge >= 0.3 is 0 Å². The highest BCUT2D eigenvalue weighted by Gasteiger charge is 2.29. The maximum Gasteiger partial charge on any atom is 0.265 e. The predicted octanol–water partition coefficient (Wildman–Crippen LogP) is 4.50. The third kappa shape index (κ3) is 4.14. The van der Waals surface area contributed by atoms with E-state index in [2.05, 4.69) is 5.32 Å². The summed E-state index contributed by atoms with van der Waals surface area (Å²) in [6.45, 7) is 1.77. The summed E-state index contributed by atoms with van der Waals surface area (Å²) in [7, 11) is 0. The summed E-state index contributed by atoms with van der Waals surface area (Å²) in [6, 6.07) is 24.8. The molecule has 1 heterocycles. The van der Waals surface area contributed by atoms with Gasteiger partial charge in [-0.3, -0.25) is 9.59 Å². The number of nitrogens with one attached hydrogen (secondary N) is 1. The van der Waals surface area contributed by atoms with E-state index in [9.17, 15) is 9.59 Å². The van der Waals surface area contributed by atoms with E-state index in [1.807, 2.05) is 79.7 Å². The van der Waals surface area contributed by atoms with Gasteiger partial charge in [-0.15, -0.1) is 0 Å². The van der Waals surface area contributed by atoms with Crippen LogP contribution in [0.3, 0.4) is 0 Å². The van der Waals surface area contributed by atoms with E-state index in [-0.39, 0.29) is 30.9 Å². The van der Waals surface area contributed by atoms with Crippen molar-refractivity contribution in [3.05, 3.63) is 78.9 Å². The van der Waals surface area contributed by atoms with Crippen LogP contribution in [0.25, 0.3) is 11.1 Å². The molecule has 29 heavy (non-hydrogen) atoms. The number of benzene rings is 3. The third-order valence-corrected chi connectivity index (χ3v) is 4.95. The Bertz CT molecular complexity index is 1020. The zero-order chi connectivity index (χ0) is 20.2. The fourth-order valence-electron chi connectivity index (χ4n) is 3.56. The average molecular weight is 386 g/mol. The summed E-state index contributed by atoms with van der Waals surface area (Å²) in [6.07, 6.45) is 0.242. The van der Waals surface area contributed by atoms with Crippen LogP contribution in [0.2, 0.25) is 0 Å². The summed E-state index contributed by atoms with van der Waals surface area (Å²) in [5.74, 6) is 0.342. The summed E-state index contributed by atoms with van der Waals surface area (Å²) in [5, 5.41) is 2.86. The van der Waals surface area contributed by atoms with Crippen LogP contribution in [-0.4, -0.2) is 24.5 Å². The van der Waals surface area contributed by atoms with Crippen molar-refractivity contribution in [1.82, 2.24) is 0 Å². The van der Waals surface area contributed by atoms with Crippen LogP contribution in [0, 0.1) is 0 Å². The molecular formula is C24H22N2O3. The van der Waals surface area contributed by atoms with Crippen molar-refractivity contribution < 1.29 is 14.3 Å². The largest absolute Gasteiger partial charge is 0.484 e. The molecule has 0 aromatic heterocycles.